The Bertz CT molecular complexity index is 702. The maximum Gasteiger partial charge on any atom is 0.306 e. The van der Waals surface area contributed by atoms with Crippen LogP contribution in [0.3, 0.4) is 0 Å². The summed E-state index contributed by atoms with van der Waals surface area (Å²) in [5.41, 5.74) is 0.787. The van der Waals surface area contributed by atoms with Crippen molar-refractivity contribution < 1.29 is 27.5 Å². The molecular formula is C16H19NO6S. The lowest BCUT2D eigenvalue weighted by Crippen LogP contribution is -2.38. The van der Waals surface area contributed by atoms with Crippen molar-refractivity contribution in [2.45, 2.75) is 19.3 Å². The Balaban J connectivity index is 2.35. The van der Waals surface area contributed by atoms with Crippen LogP contribution in [0.4, 0.5) is 0 Å². The topological polar surface area (TPSA) is 90.0 Å². The Kier molecular flexibility index (Phi) is 5.97. The van der Waals surface area contributed by atoms with Crippen molar-refractivity contribution in [3.63, 3.8) is 0 Å². The number of thiol groups is 1. The molecule has 1 aromatic rings. The van der Waals surface area contributed by atoms with Gasteiger partial charge in [0.15, 0.2) is 0 Å². The highest BCUT2D eigenvalue weighted by Crippen LogP contribution is 2.35. The third-order valence-corrected chi connectivity index (χ3v) is 4.46. The largest absolute Gasteiger partial charge is 0.497 e. The van der Waals surface area contributed by atoms with Gasteiger partial charge in [-0.15, -0.1) is 0 Å². The fraction of sp³-hybridized carbons (Fsp3) is 0.375. The van der Waals surface area contributed by atoms with Gasteiger partial charge in [0, 0.05) is 12.1 Å². The summed E-state index contributed by atoms with van der Waals surface area (Å²) in [6.45, 7) is 1.87. The number of amides is 1. The summed E-state index contributed by atoms with van der Waals surface area (Å²) in [6.07, 6.45) is 2.65. The van der Waals surface area contributed by atoms with Gasteiger partial charge in [0.1, 0.15) is 5.75 Å². The van der Waals surface area contributed by atoms with Crippen LogP contribution in [0.5, 0.6) is 5.75 Å². The minimum atomic E-state index is -3.09. The third kappa shape index (κ3) is 3.94. The van der Waals surface area contributed by atoms with Gasteiger partial charge < -0.3 is 9.47 Å². The zero-order chi connectivity index (χ0) is 17.7. The zero-order valence-electron chi connectivity index (χ0n) is 13.4. The number of carbonyl (C=O) groups is 2. The van der Waals surface area contributed by atoms with Gasteiger partial charge in [-0.3, -0.25) is 9.59 Å². The Morgan fingerprint density at radius 3 is 2.46 bits per heavy atom. The van der Waals surface area contributed by atoms with Crippen molar-refractivity contribution in [1.82, 2.24) is 4.31 Å². The number of esters is 1. The van der Waals surface area contributed by atoms with Crippen LogP contribution in [0.15, 0.2) is 36.5 Å². The molecule has 130 valence electrons. The Morgan fingerprint density at radius 2 is 1.92 bits per heavy atom. The highest BCUT2D eigenvalue weighted by molar-refractivity contribution is 7.70. The minimum absolute atomic E-state index is 0.187. The molecule has 1 aliphatic heterocycles. The van der Waals surface area contributed by atoms with E-state index in [0.717, 1.165) is 5.56 Å². The van der Waals surface area contributed by atoms with E-state index < -0.39 is 34.6 Å². The molecule has 7 nitrogen and oxygen atoms in total. The molecule has 0 unspecified atom stereocenters. The maximum absolute atomic E-state index is 12.5. The molecule has 0 fully saturated rings. The molecule has 0 saturated heterocycles. The summed E-state index contributed by atoms with van der Waals surface area (Å²) in [4.78, 5) is 24.3. The molecule has 0 aromatic heterocycles. The average Bonchev–Trinajstić information content (AvgIpc) is 2.56. The normalized spacial score (nSPS) is 20.3. The molecule has 0 N–H and O–H groups in total. The quantitative estimate of drug-likeness (QED) is 0.611. The van der Waals surface area contributed by atoms with Gasteiger partial charge in [-0.05, 0) is 24.6 Å². The SMILES string of the molecule is CCOC(=O)C[C@@H]1C(=O)N([SH](=O)=O)C=C[C@@H]1c1ccc(OC)cc1. The van der Waals surface area contributed by atoms with Gasteiger partial charge >= 0.3 is 5.97 Å². The van der Waals surface area contributed by atoms with E-state index in [9.17, 15) is 18.0 Å². The van der Waals surface area contributed by atoms with Crippen LogP contribution in [0.2, 0.25) is 0 Å². The molecule has 1 amide bonds. The molecule has 2 rings (SSSR count). The summed E-state index contributed by atoms with van der Waals surface area (Å²) in [6, 6.07) is 7.06. The standard InChI is InChI=1S/C16H19NO6S/c1-3-23-15(18)10-14-13(8-9-17(16(14)19)24(20)21)11-4-6-12(22-2)7-5-11/h4-9,13-14,24H,3,10H2,1-2H3/t13-,14+/m1/s1. The Hall–Kier alpha value is -2.35. The number of allylic oxidation sites excluding steroid dienone is 1. The number of ether oxygens (including phenoxy) is 2. The molecule has 2 atom stereocenters. The van der Waals surface area contributed by atoms with Crippen molar-refractivity contribution in [2.75, 3.05) is 13.7 Å². The number of rotatable bonds is 6. The van der Waals surface area contributed by atoms with Crippen LogP contribution in [-0.2, 0) is 25.2 Å². The fourth-order valence-corrected chi connectivity index (χ4v) is 3.12. The Morgan fingerprint density at radius 1 is 1.25 bits per heavy atom. The van der Waals surface area contributed by atoms with Crippen LogP contribution in [0.25, 0.3) is 0 Å². The monoisotopic (exact) mass is 353 g/mol. The summed E-state index contributed by atoms with van der Waals surface area (Å²) >= 11 is 0. The van der Waals surface area contributed by atoms with E-state index in [-0.39, 0.29) is 13.0 Å². The lowest BCUT2D eigenvalue weighted by molar-refractivity contribution is -0.147. The van der Waals surface area contributed by atoms with Crippen LogP contribution >= 0.6 is 0 Å². The highest BCUT2D eigenvalue weighted by Gasteiger charge is 2.37. The zero-order valence-corrected chi connectivity index (χ0v) is 14.3. The van der Waals surface area contributed by atoms with E-state index in [2.05, 4.69) is 0 Å². The molecule has 0 spiro atoms. The van der Waals surface area contributed by atoms with Gasteiger partial charge in [0.25, 0.3) is 0 Å². The predicted octanol–water partition coefficient (Wildman–Crippen LogP) is 1.23. The highest BCUT2D eigenvalue weighted by atomic mass is 32.2. The molecule has 8 heteroatoms. The van der Waals surface area contributed by atoms with E-state index in [1.54, 1.807) is 44.4 Å². The van der Waals surface area contributed by atoms with Gasteiger partial charge in [-0.1, -0.05) is 18.2 Å². The first-order valence-electron chi connectivity index (χ1n) is 7.43. The lowest BCUT2D eigenvalue weighted by Gasteiger charge is -2.30. The second-order valence-corrected chi connectivity index (χ2v) is 6.08. The Labute approximate surface area is 141 Å². The molecule has 0 radical (unpaired) electrons. The second-order valence-electron chi connectivity index (χ2n) is 5.18. The van der Waals surface area contributed by atoms with E-state index in [1.807, 2.05) is 0 Å². The predicted molar refractivity (Wildman–Crippen MR) is 86.8 cm³/mol. The number of hydrogen-bond donors (Lipinski definition) is 1. The number of nitrogens with zero attached hydrogens (tertiary/aromatic N) is 1. The van der Waals surface area contributed by atoms with Gasteiger partial charge in [0.05, 0.1) is 26.1 Å². The van der Waals surface area contributed by atoms with Crippen LogP contribution in [-0.4, -0.2) is 38.3 Å². The first-order chi connectivity index (χ1) is 11.5. The molecule has 1 aliphatic rings. The van der Waals surface area contributed by atoms with E-state index >= 15 is 0 Å². The van der Waals surface area contributed by atoms with Crippen LogP contribution in [0.1, 0.15) is 24.8 Å². The number of methoxy groups -OCH3 is 1. The summed E-state index contributed by atoms with van der Waals surface area (Å²) in [5.74, 6) is -1.77. The lowest BCUT2D eigenvalue weighted by atomic mass is 9.81. The minimum Gasteiger partial charge on any atom is -0.497 e. The van der Waals surface area contributed by atoms with E-state index in [4.69, 9.17) is 9.47 Å². The average molecular weight is 353 g/mol. The van der Waals surface area contributed by atoms with Crippen molar-refractivity contribution >= 4 is 22.8 Å². The summed E-state index contributed by atoms with van der Waals surface area (Å²) in [5, 5.41) is 0. The molecule has 0 saturated carbocycles. The smallest absolute Gasteiger partial charge is 0.306 e. The van der Waals surface area contributed by atoms with Gasteiger partial charge in [-0.25, -0.2) is 12.7 Å². The first kappa shape index (κ1) is 18.0. The van der Waals surface area contributed by atoms with Gasteiger partial charge in [-0.2, -0.15) is 0 Å². The van der Waals surface area contributed by atoms with E-state index in [0.29, 0.717) is 10.1 Å². The van der Waals surface area contributed by atoms with Crippen molar-refractivity contribution in [1.29, 1.82) is 0 Å². The third-order valence-electron chi connectivity index (χ3n) is 3.78. The number of hydrogen-bond acceptors (Lipinski definition) is 6. The van der Waals surface area contributed by atoms with Crippen molar-refractivity contribution in [2.24, 2.45) is 5.92 Å². The number of carbonyl (C=O) groups excluding carboxylic acids is 2. The molecule has 0 aliphatic carbocycles. The van der Waals surface area contributed by atoms with Gasteiger partial charge in [0.2, 0.25) is 16.8 Å². The van der Waals surface area contributed by atoms with Crippen molar-refractivity contribution in [3.05, 3.63) is 42.1 Å². The van der Waals surface area contributed by atoms with E-state index in [1.165, 1.54) is 6.20 Å². The summed E-state index contributed by atoms with van der Waals surface area (Å²) < 4.78 is 33.1. The second kappa shape index (κ2) is 7.96. The summed E-state index contributed by atoms with van der Waals surface area (Å²) in [7, 11) is -1.54. The van der Waals surface area contributed by atoms with Crippen LogP contribution < -0.4 is 4.74 Å². The number of benzene rings is 1. The van der Waals surface area contributed by atoms with Crippen molar-refractivity contribution in [3.8, 4) is 5.75 Å². The molecular weight excluding hydrogens is 334 g/mol. The molecule has 24 heavy (non-hydrogen) atoms. The molecule has 1 aromatic carbocycles. The molecule has 1 heterocycles. The fourth-order valence-electron chi connectivity index (χ4n) is 2.62. The van der Waals surface area contributed by atoms with Crippen LogP contribution in [0, 0.1) is 5.92 Å². The first-order valence-corrected chi connectivity index (χ1v) is 8.56. The molecule has 0 bridgehead atoms. The maximum atomic E-state index is 12.5.